The highest BCUT2D eigenvalue weighted by Crippen LogP contribution is 2.18. The number of guanidine groups is 1. The molecule has 1 aliphatic heterocycles. The average Bonchev–Trinajstić information content (AvgIpc) is 3.06. The highest BCUT2D eigenvalue weighted by Gasteiger charge is 2.18. The van der Waals surface area contributed by atoms with E-state index < -0.39 is 6.10 Å². The van der Waals surface area contributed by atoms with Crippen LogP contribution in [0.5, 0.6) is 0 Å². The first-order valence-electron chi connectivity index (χ1n) is 11.1. The lowest BCUT2D eigenvalue weighted by atomic mass is 10.00. The summed E-state index contributed by atoms with van der Waals surface area (Å²) in [5.74, 6) is 0.758. The van der Waals surface area contributed by atoms with Crippen LogP contribution in [0.15, 0.2) is 35.3 Å². The molecule has 31 heavy (non-hydrogen) atoms. The lowest BCUT2D eigenvalue weighted by Gasteiger charge is -2.30. The lowest BCUT2D eigenvalue weighted by molar-refractivity contribution is 0.111. The summed E-state index contributed by atoms with van der Waals surface area (Å²) in [4.78, 5) is 6.90. The molecule has 2 aromatic rings. The first-order valence-corrected chi connectivity index (χ1v) is 11.1. The fraction of sp³-hybridized carbons (Fsp3) is 0.565. The molecule has 0 bridgehead atoms. The zero-order chi connectivity index (χ0) is 21.3. The maximum atomic E-state index is 10.5. The molecule has 0 amide bonds. The van der Waals surface area contributed by atoms with Crippen molar-refractivity contribution in [2.24, 2.45) is 4.99 Å². The number of hydrogen-bond donors (Lipinski definition) is 3. The van der Waals surface area contributed by atoms with Crippen LogP contribution in [-0.4, -0.2) is 64.6 Å². The molecule has 8 heteroatoms. The summed E-state index contributed by atoms with van der Waals surface area (Å²) in [5, 5.41) is 21.6. The molecular weight excluding hydrogens is 503 g/mol. The fourth-order valence-corrected chi connectivity index (χ4v) is 3.94. The molecule has 0 aliphatic carbocycles. The molecule has 7 nitrogen and oxygen atoms in total. The summed E-state index contributed by atoms with van der Waals surface area (Å²) < 4.78 is 2.04. The van der Waals surface area contributed by atoms with Gasteiger partial charge in [-0.05, 0) is 50.8 Å². The standard InChI is InChI=1S/C23H36N6O.HI/c1-4-24-23(25-11-7-12-29-19(3)14-18(2)27-29)26-15-22(30)17-28-13-10-20-8-5-6-9-21(20)16-28;/h5-6,8-9,14,22,30H,4,7,10-13,15-17H2,1-3H3,(H2,24,25,26);1H. The number of nitrogens with one attached hydrogen (secondary N) is 2. The van der Waals surface area contributed by atoms with E-state index >= 15 is 0 Å². The summed E-state index contributed by atoms with van der Waals surface area (Å²) in [6.07, 6.45) is 1.54. The van der Waals surface area contributed by atoms with Crippen LogP contribution in [0.2, 0.25) is 0 Å². The molecule has 0 fully saturated rings. The molecule has 0 spiro atoms. The monoisotopic (exact) mass is 540 g/mol. The number of benzene rings is 1. The van der Waals surface area contributed by atoms with Gasteiger partial charge in [0.15, 0.2) is 5.96 Å². The molecule has 3 N–H and O–H groups in total. The van der Waals surface area contributed by atoms with Crippen LogP contribution in [0.1, 0.15) is 35.9 Å². The van der Waals surface area contributed by atoms with Crippen molar-refractivity contribution in [2.75, 3.05) is 32.7 Å². The molecule has 2 heterocycles. The largest absolute Gasteiger partial charge is 0.390 e. The molecule has 1 aliphatic rings. The van der Waals surface area contributed by atoms with E-state index in [1.807, 2.05) is 11.6 Å². The number of rotatable bonds is 9. The molecule has 1 aromatic carbocycles. The third kappa shape index (κ3) is 8.08. The minimum absolute atomic E-state index is 0. The summed E-state index contributed by atoms with van der Waals surface area (Å²) in [6, 6.07) is 10.7. The Bertz CT molecular complexity index is 837. The third-order valence-corrected chi connectivity index (χ3v) is 5.43. The van der Waals surface area contributed by atoms with Crippen LogP contribution in [0.3, 0.4) is 0 Å². The van der Waals surface area contributed by atoms with Crippen molar-refractivity contribution >= 4 is 29.9 Å². The molecular formula is C23H37IN6O. The van der Waals surface area contributed by atoms with E-state index in [0.29, 0.717) is 13.1 Å². The maximum Gasteiger partial charge on any atom is 0.191 e. The second-order valence-electron chi connectivity index (χ2n) is 8.06. The van der Waals surface area contributed by atoms with Crippen LogP contribution < -0.4 is 10.6 Å². The Morgan fingerprint density at radius 1 is 1.23 bits per heavy atom. The van der Waals surface area contributed by atoms with Gasteiger partial charge in [0.05, 0.1) is 18.3 Å². The van der Waals surface area contributed by atoms with Crippen LogP contribution in [0.25, 0.3) is 0 Å². The van der Waals surface area contributed by atoms with E-state index in [9.17, 15) is 5.11 Å². The number of aliphatic hydroxyl groups is 1. The minimum Gasteiger partial charge on any atom is -0.390 e. The number of aliphatic imine (C=N–C) groups is 1. The van der Waals surface area contributed by atoms with E-state index in [-0.39, 0.29) is 24.0 Å². The van der Waals surface area contributed by atoms with Gasteiger partial charge in [-0.15, -0.1) is 24.0 Å². The van der Waals surface area contributed by atoms with Crippen LogP contribution >= 0.6 is 24.0 Å². The van der Waals surface area contributed by atoms with Crippen molar-refractivity contribution in [1.29, 1.82) is 0 Å². The van der Waals surface area contributed by atoms with Crippen molar-refractivity contribution in [3.8, 4) is 0 Å². The molecule has 0 radical (unpaired) electrons. The van der Waals surface area contributed by atoms with Crippen LogP contribution in [0.4, 0.5) is 0 Å². The second kappa shape index (κ2) is 13.0. The van der Waals surface area contributed by atoms with Gasteiger partial charge in [0.2, 0.25) is 0 Å². The lowest BCUT2D eigenvalue weighted by Crippen LogP contribution is -2.40. The second-order valence-corrected chi connectivity index (χ2v) is 8.06. The Hall–Kier alpha value is -1.65. The molecule has 0 saturated heterocycles. The first-order chi connectivity index (χ1) is 14.5. The number of fused-ring (bicyclic) bond motifs is 1. The van der Waals surface area contributed by atoms with E-state index in [4.69, 9.17) is 0 Å². The number of aliphatic hydroxyl groups excluding tert-OH is 1. The number of halogens is 1. The molecule has 172 valence electrons. The number of aryl methyl sites for hydroxylation is 3. The Morgan fingerprint density at radius 2 is 2.00 bits per heavy atom. The predicted octanol–water partition coefficient (Wildman–Crippen LogP) is 2.48. The summed E-state index contributed by atoms with van der Waals surface area (Å²) >= 11 is 0. The molecule has 1 atom stereocenters. The van der Waals surface area contributed by atoms with E-state index in [0.717, 1.165) is 57.2 Å². The van der Waals surface area contributed by atoms with Gasteiger partial charge in [0, 0.05) is 45.0 Å². The van der Waals surface area contributed by atoms with Crippen molar-refractivity contribution in [1.82, 2.24) is 25.3 Å². The van der Waals surface area contributed by atoms with Gasteiger partial charge >= 0.3 is 0 Å². The number of hydrogen-bond acceptors (Lipinski definition) is 4. The summed E-state index contributed by atoms with van der Waals surface area (Å²) in [5.41, 5.74) is 5.05. The van der Waals surface area contributed by atoms with Gasteiger partial charge in [-0.3, -0.25) is 14.6 Å². The molecule has 1 aromatic heterocycles. The highest BCUT2D eigenvalue weighted by atomic mass is 127. The zero-order valence-corrected chi connectivity index (χ0v) is 21.3. The maximum absolute atomic E-state index is 10.5. The number of nitrogens with zero attached hydrogens (tertiary/aromatic N) is 4. The van der Waals surface area contributed by atoms with Gasteiger partial charge in [0.1, 0.15) is 0 Å². The normalized spacial score (nSPS) is 15.2. The van der Waals surface area contributed by atoms with Gasteiger partial charge in [0.25, 0.3) is 0 Å². The molecule has 3 rings (SSSR count). The van der Waals surface area contributed by atoms with Crippen molar-refractivity contribution in [2.45, 2.75) is 52.8 Å². The fourth-order valence-electron chi connectivity index (χ4n) is 3.94. The molecule has 0 saturated carbocycles. The number of aromatic nitrogens is 2. The molecule has 1 unspecified atom stereocenters. The number of β-amino-alcohol motifs (C(OH)–C–C–N with tert-alkyl or cyclic N) is 1. The van der Waals surface area contributed by atoms with E-state index in [2.05, 4.69) is 69.8 Å². The van der Waals surface area contributed by atoms with Crippen molar-refractivity contribution < 1.29 is 5.11 Å². The van der Waals surface area contributed by atoms with Crippen LogP contribution in [0, 0.1) is 13.8 Å². The minimum atomic E-state index is -0.472. The SMILES string of the molecule is CCNC(=NCC(O)CN1CCc2ccccc2C1)NCCCn1nc(C)cc1C.I. The summed E-state index contributed by atoms with van der Waals surface area (Å²) in [6.45, 7) is 11.6. The smallest absolute Gasteiger partial charge is 0.191 e. The van der Waals surface area contributed by atoms with Crippen molar-refractivity contribution in [3.05, 3.63) is 52.8 Å². The Kier molecular flexibility index (Phi) is 10.8. The van der Waals surface area contributed by atoms with Crippen LogP contribution in [-0.2, 0) is 19.5 Å². The topological polar surface area (TPSA) is 77.7 Å². The predicted molar refractivity (Wildman–Crippen MR) is 137 cm³/mol. The van der Waals surface area contributed by atoms with Gasteiger partial charge in [-0.25, -0.2) is 0 Å². The quantitative estimate of drug-likeness (QED) is 0.197. The Labute approximate surface area is 203 Å². The van der Waals surface area contributed by atoms with Gasteiger partial charge in [-0.1, -0.05) is 24.3 Å². The average molecular weight is 540 g/mol. The van der Waals surface area contributed by atoms with Gasteiger partial charge in [-0.2, -0.15) is 5.10 Å². The van der Waals surface area contributed by atoms with Gasteiger partial charge < -0.3 is 15.7 Å². The van der Waals surface area contributed by atoms with E-state index in [1.54, 1.807) is 0 Å². The third-order valence-electron chi connectivity index (χ3n) is 5.43. The Morgan fingerprint density at radius 3 is 2.71 bits per heavy atom. The van der Waals surface area contributed by atoms with E-state index in [1.165, 1.54) is 16.8 Å². The highest BCUT2D eigenvalue weighted by molar-refractivity contribution is 14.0. The van der Waals surface area contributed by atoms with Crippen molar-refractivity contribution in [3.63, 3.8) is 0 Å². The zero-order valence-electron chi connectivity index (χ0n) is 19.0. The summed E-state index contributed by atoms with van der Waals surface area (Å²) in [7, 11) is 0. The first kappa shape index (κ1) is 25.6. The Balaban J connectivity index is 0.00000341.